The van der Waals surface area contributed by atoms with Gasteiger partial charge in [-0.3, -0.25) is 9.48 Å². The average molecular weight is 183 g/mol. The van der Waals surface area contributed by atoms with Crippen LogP contribution < -0.4 is 0 Å². The Bertz CT molecular complexity index is 311. The second kappa shape index (κ2) is 3.26. The van der Waals surface area contributed by atoms with Gasteiger partial charge in [0.25, 0.3) is 0 Å². The van der Waals surface area contributed by atoms with Gasteiger partial charge in [-0.25, -0.2) is 4.98 Å². The Balaban J connectivity index is 2.71. The van der Waals surface area contributed by atoms with Crippen LogP contribution in [0.15, 0.2) is 6.33 Å². The van der Waals surface area contributed by atoms with Crippen LogP contribution in [0.4, 0.5) is 0 Å². The lowest BCUT2D eigenvalue weighted by molar-refractivity contribution is -0.133. The summed E-state index contributed by atoms with van der Waals surface area (Å²) >= 11 is 0. The van der Waals surface area contributed by atoms with E-state index in [1.807, 2.05) is 0 Å². The topological polar surface area (TPSA) is 68.0 Å². The number of rotatable bonds is 3. The Kier molecular flexibility index (Phi) is 2.47. The van der Waals surface area contributed by atoms with Gasteiger partial charge in [0.15, 0.2) is 5.78 Å². The maximum Gasteiger partial charge on any atom is 0.171 e. The van der Waals surface area contributed by atoms with E-state index in [1.165, 1.54) is 24.9 Å². The predicted molar refractivity (Wildman–Crippen MR) is 46.0 cm³/mol. The fourth-order valence-electron chi connectivity index (χ4n) is 0.840. The molecule has 5 nitrogen and oxygen atoms in total. The fourth-order valence-corrected chi connectivity index (χ4v) is 0.840. The molecule has 0 radical (unpaired) electrons. The van der Waals surface area contributed by atoms with E-state index in [4.69, 9.17) is 0 Å². The second-order valence-corrected chi connectivity index (χ2v) is 3.46. The van der Waals surface area contributed by atoms with Crippen LogP contribution in [0.2, 0.25) is 0 Å². The SMILES string of the molecule is Cn1ncnc1CC(=O)C(C)(C)O. The molecule has 0 unspecified atom stereocenters. The van der Waals surface area contributed by atoms with Gasteiger partial charge in [-0.05, 0) is 13.8 Å². The molecule has 1 aromatic rings. The molecule has 1 rings (SSSR count). The van der Waals surface area contributed by atoms with Gasteiger partial charge in [-0.1, -0.05) is 0 Å². The lowest BCUT2D eigenvalue weighted by Crippen LogP contribution is -2.33. The number of hydrogen-bond donors (Lipinski definition) is 1. The standard InChI is InChI=1S/C8H13N3O2/c1-8(2,13)6(12)4-7-9-5-10-11(7)3/h5,13H,4H2,1-3H3. The van der Waals surface area contributed by atoms with Gasteiger partial charge in [0, 0.05) is 7.05 Å². The molecule has 0 atom stereocenters. The van der Waals surface area contributed by atoms with E-state index in [-0.39, 0.29) is 12.2 Å². The van der Waals surface area contributed by atoms with Gasteiger partial charge in [-0.15, -0.1) is 0 Å². The van der Waals surface area contributed by atoms with Crippen LogP contribution in [0.1, 0.15) is 19.7 Å². The van der Waals surface area contributed by atoms with Gasteiger partial charge in [0.05, 0.1) is 6.42 Å². The highest BCUT2D eigenvalue weighted by Gasteiger charge is 2.24. The third kappa shape index (κ3) is 2.35. The van der Waals surface area contributed by atoms with E-state index in [1.54, 1.807) is 7.05 Å². The predicted octanol–water partition coefficient (Wildman–Crippen LogP) is -0.302. The summed E-state index contributed by atoms with van der Waals surface area (Å²) in [6.45, 7) is 2.93. The summed E-state index contributed by atoms with van der Waals surface area (Å²) in [6, 6.07) is 0. The van der Waals surface area contributed by atoms with E-state index in [0.717, 1.165) is 0 Å². The molecule has 72 valence electrons. The van der Waals surface area contributed by atoms with Crippen molar-refractivity contribution in [1.29, 1.82) is 0 Å². The first-order chi connectivity index (χ1) is 5.91. The molecule has 13 heavy (non-hydrogen) atoms. The van der Waals surface area contributed by atoms with Crippen molar-refractivity contribution in [1.82, 2.24) is 14.8 Å². The summed E-state index contributed by atoms with van der Waals surface area (Å²) in [6.07, 6.45) is 1.49. The molecule has 0 aliphatic carbocycles. The van der Waals surface area contributed by atoms with E-state index >= 15 is 0 Å². The fraction of sp³-hybridized carbons (Fsp3) is 0.625. The van der Waals surface area contributed by atoms with Crippen LogP contribution in [0.5, 0.6) is 0 Å². The van der Waals surface area contributed by atoms with E-state index in [0.29, 0.717) is 5.82 Å². The van der Waals surface area contributed by atoms with Crippen LogP contribution in [0.3, 0.4) is 0 Å². The summed E-state index contributed by atoms with van der Waals surface area (Å²) in [4.78, 5) is 15.2. The highest BCUT2D eigenvalue weighted by molar-refractivity contribution is 5.87. The largest absolute Gasteiger partial charge is 0.383 e. The quantitative estimate of drug-likeness (QED) is 0.698. The molecule has 0 saturated carbocycles. The first kappa shape index (κ1) is 9.85. The first-order valence-corrected chi connectivity index (χ1v) is 4.00. The second-order valence-electron chi connectivity index (χ2n) is 3.46. The summed E-state index contributed by atoms with van der Waals surface area (Å²) in [5.74, 6) is 0.302. The van der Waals surface area contributed by atoms with Crippen LogP contribution in [0, 0.1) is 0 Å². The smallest absolute Gasteiger partial charge is 0.171 e. The number of nitrogens with zero attached hydrogens (tertiary/aromatic N) is 3. The summed E-state index contributed by atoms with van der Waals surface area (Å²) < 4.78 is 1.52. The Morgan fingerprint density at radius 3 is 2.69 bits per heavy atom. The minimum atomic E-state index is -1.30. The summed E-state index contributed by atoms with van der Waals surface area (Å²) in [7, 11) is 1.71. The summed E-state index contributed by atoms with van der Waals surface area (Å²) in [5, 5.41) is 13.2. The Labute approximate surface area is 76.4 Å². The molecule has 0 aliphatic heterocycles. The van der Waals surface area contributed by atoms with Crippen molar-refractivity contribution in [2.24, 2.45) is 7.05 Å². The van der Waals surface area contributed by atoms with Gasteiger partial charge in [-0.2, -0.15) is 5.10 Å². The van der Waals surface area contributed by atoms with Gasteiger partial charge >= 0.3 is 0 Å². The number of Topliss-reactive ketones (excluding diaryl/α,β-unsaturated/α-hetero) is 1. The van der Waals surface area contributed by atoms with E-state index in [9.17, 15) is 9.90 Å². The Morgan fingerprint density at radius 1 is 1.69 bits per heavy atom. The minimum absolute atomic E-state index is 0.111. The highest BCUT2D eigenvalue weighted by Crippen LogP contribution is 2.06. The normalized spacial score (nSPS) is 11.7. The molecule has 0 amide bonds. The zero-order chi connectivity index (χ0) is 10.1. The lowest BCUT2D eigenvalue weighted by atomic mass is 10.0. The van der Waals surface area contributed by atoms with Crippen molar-refractivity contribution in [2.75, 3.05) is 0 Å². The minimum Gasteiger partial charge on any atom is -0.383 e. The van der Waals surface area contributed by atoms with Crippen LogP contribution >= 0.6 is 0 Å². The highest BCUT2D eigenvalue weighted by atomic mass is 16.3. The van der Waals surface area contributed by atoms with Crippen molar-refractivity contribution >= 4 is 5.78 Å². The van der Waals surface area contributed by atoms with Crippen LogP contribution in [0.25, 0.3) is 0 Å². The zero-order valence-electron chi connectivity index (χ0n) is 7.98. The Hall–Kier alpha value is -1.23. The number of ketones is 1. The Morgan fingerprint density at radius 2 is 2.31 bits per heavy atom. The number of carbonyl (C=O) groups is 1. The molecule has 0 fully saturated rings. The third-order valence-corrected chi connectivity index (χ3v) is 1.81. The number of aryl methyl sites for hydroxylation is 1. The number of aromatic nitrogens is 3. The van der Waals surface area contributed by atoms with Gasteiger partial charge in [0.1, 0.15) is 17.8 Å². The van der Waals surface area contributed by atoms with E-state index in [2.05, 4.69) is 10.1 Å². The van der Waals surface area contributed by atoms with Crippen molar-refractivity contribution < 1.29 is 9.90 Å². The van der Waals surface area contributed by atoms with Crippen molar-refractivity contribution in [3.05, 3.63) is 12.2 Å². The number of hydrogen-bond acceptors (Lipinski definition) is 4. The zero-order valence-corrected chi connectivity index (χ0v) is 7.98. The van der Waals surface area contributed by atoms with Crippen LogP contribution in [-0.2, 0) is 18.3 Å². The van der Waals surface area contributed by atoms with E-state index < -0.39 is 5.60 Å². The molecule has 0 aromatic carbocycles. The molecular weight excluding hydrogens is 170 g/mol. The molecule has 0 bridgehead atoms. The monoisotopic (exact) mass is 183 g/mol. The van der Waals surface area contributed by atoms with Crippen molar-refractivity contribution in [3.63, 3.8) is 0 Å². The van der Waals surface area contributed by atoms with Crippen molar-refractivity contribution in [3.8, 4) is 0 Å². The third-order valence-electron chi connectivity index (χ3n) is 1.81. The first-order valence-electron chi connectivity index (χ1n) is 4.00. The molecule has 5 heteroatoms. The molecule has 1 N–H and O–H groups in total. The number of aliphatic hydroxyl groups is 1. The molecule has 1 aromatic heterocycles. The average Bonchev–Trinajstić information content (AvgIpc) is 2.34. The molecule has 1 heterocycles. The molecule has 0 spiro atoms. The molecular formula is C8H13N3O2. The van der Waals surface area contributed by atoms with Crippen molar-refractivity contribution in [2.45, 2.75) is 25.9 Å². The lowest BCUT2D eigenvalue weighted by Gasteiger charge is -2.14. The number of carbonyl (C=O) groups excluding carboxylic acids is 1. The van der Waals surface area contributed by atoms with Gasteiger partial charge in [0.2, 0.25) is 0 Å². The molecule has 0 saturated heterocycles. The van der Waals surface area contributed by atoms with Crippen LogP contribution in [-0.4, -0.2) is 31.3 Å². The summed E-state index contributed by atoms with van der Waals surface area (Å²) in [5.41, 5.74) is -1.30. The van der Waals surface area contributed by atoms with Gasteiger partial charge < -0.3 is 5.11 Å². The maximum absolute atomic E-state index is 11.4. The molecule has 0 aliphatic rings. The maximum atomic E-state index is 11.4.